The Labute approximate surface area is 121 Å². The summed E-state index contributed by atoms with van der Waals surface area (Å²) < 4.78 is 6.24. The van der Waals surface area contributed by atoms with Crippen LogP contribution in [0.25, 0.3) is 0 Å². The van der Waals surface area contributed by atoms with E-state index in [0.717, 1.165) is 15.8 Å². The van der Waals surface area contributed by atoms with Gasteiger partial charge in [0, 0.05) is 15.6 Å². The molecule has 0 aliphatic heterocycles. The summed E-state index contributed by atoms with van der Waals surface area (Å²) in [6.07, 6.45) is 0. The smallest absolute Gasteiger partial charge is 0.194 e. The van der Waals surface area contributed by atoms with Crippen molar-refractivity contribution < 1.29 is 9.53 Å². The van der Waals surface area contributed by atoms with Crippen molar-refractivity contribution in [2.24, 2.45) is 0 Å². The van der Waals surface area contributed by atoms with E-state index in [4.69, 9.17) is 4.74 Å². The molecule has 0 N–H and O–H groups in total. The summed E-state index contributed by atoms with van der Waals surface area (Å²) in [6, 6.07) is 13.0. The van der Waals surface area contributed by atoms with Gasteiger partial charge in [0.15, 0.2) is 5.78 Å². The first-order valence-corrected chi connectivity index (χ1v) is 6.95. The van der Waals surface area contributed by atoms with Crippen LogP contribution in [0.5, 0.6) is 5.75 Å². The molecule has 19 heavy (non-hydrogen) atoms. The van der Waals surface area contributed by atoms with Crippen LogP contribution in [0.2, 0.25) is 0 Å². The van der Waals surface area contributed by atoms with Gasteiger partial charge in [-0.2, -0.15) is 0 Å². The fourth-order valence-corrected chi connectivity index (χ4v) is 2.53. The fourth-order valence-electron chi connectivity index (χ4n) is 1.85. The molecule has 0 amide bonds. The average molecular weight is 319 g/mol. The van der Waals surface area contributed by atoms with Gasteiger partial charge in [-0.3, -0.25) is 4.79 Å². The first kappa shape index (κ1) is 13.8. The van der Waals surface area contributed by atoms with Gasteiger partial charge in [-0.25, -0.2) is 0 Å². The van der Waals surface area contributed by atoms with Gasteiger partial charge in [0.1, 0.15) is 5.75 Å². The number of hydrogen-bond donors (Lipinski definition) is 0. The lowest BCUT2D eigenvalue weighted by Crippen LogP contribution is -2.03. The summed E-state index contributed by atoms with van der Waals surface area (Å²) >= 11 is 3.44. The van der Waals surface area contributed by atoms with Crippen LogP contribution >= 0.6 is 15.9 Å². The molecule has 0 unspecified atom stereocenters. The second-order valence-corrected chi connectivity index (χ2v) is 5.13. The van der Waals surface area contributed by atoms with Crippen molar-refractivity contribution in [2.75, 3.05) is 6.61 Å². The van der Waals surface area contributed by atoms with Crippen LogP contribution in [-0.2, 0) is 0 Å². The Hall–Kier alpha value is -1.61. The Balaban J connectivity index is 2.35. The Morgan fingerprint density at radius 1 is 1.21 bits per heavy atom. The third kappa shape index (κ3) is 3.24. The van der Waals surface area contributed by atoms with Crippen molar-refractivity contribution in [3.05, 3.63) is 63.6 Å². The maximum absolute atomic E-state index is 12.4. The summed E-state index contributed by atoms with van der Waals surface area (Å²) in [6.45, 7) is 4.51. The Kier molecular flexibility index (Phi) is 4.38. The zero-order valence-corrected chi connectivity index (χ0v) is 12.5. The standard InChI is InChI=1S/C16H15BrO2/c1-3-19-13-6-4-5-12(10-13)16(18)14-8-7-11(2)9-15(14)17/h4-10H,3H2,1-2H3. The zero-order chi connectivity index (χ0) is 13.8. The second kappa shape index (κ2) is 6.02. The minimum Gasteiger partial charge on any atom is -0.494 e. The number of hydrogen-bond acceptors (Lipinski definition) is 2. The zero-order valence-electron chi connectivity index (χ0n) is 10.9. The van der Waals surface area contributed by atoms with Crippen molar-refractivity contribution in [1.82, 2.24) is 0 Å². The summed E-state index contributed by atoms with van der Waals surface area (Å²) in [7, 11) is 0. The van der Waals surface area contributed by atoms with Crippen LogP contribution in [0.3, 0.4) is 0 Å². The third-order valence-corrected chi connectivity index (χ3v) is 3.43. The monoisotopic (exact) mass is 318 g/mol. The molecule has 0 aliphatic rings. The van der Waals surface area contributed by atoms with E-state index in [1.54, 1.807) is 12.1 Å². The molecule has 0 spiro atoms. The minimum absolute atomic E-state index is 0.00609. The molecule has 0 aliphatic carbocycles. The van der Waals surface area contributed by atoms with Gasteiger partial charge in [-0.05, 0) is 43.7 Å². The van der Waals surface area contributed by atoms with E-state index in [9.17, 15) is 4.79 Å². The Morgan fingerprint density at radius 3 is 2.68 bits per heavy atom. The number of benzene rings is 2. The third-order valence-electron chi connectivity index (χ3n) is 2.78. The highest BCUT2D eigenvalue weighted by molar-refractivity contribution is 9.10. The number of aryl methyl sites for hydroxylation is 1. The Morgan fingerprint density at radius 2 is 2.00 bits per heavy atom. The molecule has 3 heteroatoms. The maximum Gasteiger partial charge on any atom is 0.194 e. The summed E-state index contributed by atoms with van der Waals surface area (Å²) in [5.41, 5.74) is 2.42. The highest BCUT2D eigenvalue weighted by atomic mass is 79.9. The highest BCUT2D eigenvalue weighted by Crippen LogP contribution is 2.23. The molecule has 0 saturated heterocycles. The van der Waals surface area contributed by atoms with E-state index in [2.05, 4.69) is 15.9 Å². The molecule has 2 aromatic rings. The number of halogens is 1. The van der Waals surface area contributed by atoms with Crippen LogP contribution in [0, 0.1) is 6.92 Å². The van der Waals surface area contributed by atoms with Crippen molar-refractivity contribution in [3.8, 4) is 5.75 Å². The second-order valence-electron chi connectivity index (χ2n) is 4.27. The van der Waals surface area contributed by atoms with Crippen molar-refractivity contribution >= 4 is 21.7 Å². The van der Waals surface area contributed by atoms with Gasteiger partial charge in [0.2, 0.25) is 0 Å². The first-order chi connectivity index (χ1) is 9.11. The topological polar surface area (TPSA) is 26.3 Å². The van der Waals surface area contributed by atoms with Gasteiger partial charge >= 0.3 is 0 Å². The normalized spacial score (nSPS) is 10.3. The predicted molar refractivity (Wildman–Crippen MR) is 79.9 cm³/mol. The highest BCUT2D eigenvalue weighted by Gasteiger charge is 2.13. The quantitative estimate of drug-likeness (QED) is 0.782. The van der Waals surface area contributed by atoms with Crippen LogP contribution in [0.4, 0.5) is 0 Å². The summed E-state index contributed by atoms with van der Waals surface area (Å²) in [5.74, 6) is 0.713. The maximum atomic E-state index is 12.4. The largest absolute Gasteiger partial charge is 0.494 e. The fraction of sp³-hybridized carbons (Fsp3) is 0.188. The number of ether oxygens (including phenoxy) is 1. The van der Waals surface area contributed by atoms with Crippen LogP contribution in [-0.4, -0.2) is 12.4 Å². The SMILES string of the molecule is CCOc1cccc(C(=O)c2ccc(C)cc2Br)c1. The van der Waals surface area contributed by atoms with E-state index in [1.807, 2.05) is 44.2 Å². The van der Waals surface area contributed by atoms with E-state index in [-0.39, 0.29) is 5.78 Å². The number of carbonyl (C=O) groups excluding carboxylic acids is 1. The van der Waals surface area contributed by atoms with Crippen molar-refractivity contribution in [1.29, 1.82) is 0 Å². The lowest BCUT2D eigenvalue weighted by Gasteiger charge is -2.07. The molecule has 2 rings (SSSR count). The Bertz CT molecular complexity index is 605. The van der Waals surface area contributed by atoms with Gasteiger partial charge in [0.05, 0.1) is 6.61 Å². The molecular weight excluding hydrogens is 304 g/mol. The van der Waals surface area contributed by atoms with Gasteiger partial charge < -0.3 is 4.74 Å². The van der Waals surface area contributed by atoms with E-state index < -0.39 is 0 Å². The number of rotatable bonds is 4. The molecule has 0 radical (unpaired) electrons. The summed E-state index contributed by atoms with van der Waals surface area (Å²) in [4.78, 5) is 12.4. The van der Waals surface area contributed by atoms with E-state index in [1.165, 1.54) is 0 Å². The van der Waals surface area contributed by atoms with E-state index in [0.29, 0.717) is 17.7 Å². The number of carbonyl (C=O) groups is 1. The lowest BCUT2D eigenvalue weighted by molar-refractivity contribution is 0.103. The molecule has 0 bridgehead atoms. The van der Waals surface area contributed by atoms with Gasteiger partial charge in [-0.1, -0.05) is 34.1 Å². The lowest BCUT2D eigenvalue weighted by atomic mass is 10.0. The molecule has 0 saturated carbocycles. The molecule has 0 atom stereocenters. The molecule has 0 heterocycles. The predicted octanol–water partition coefficient (Wildman–Crippen LogP) is 4.39. The average Bonchev–Trinajstić information content (AvgIpc) is 2.39. The van der Waals surface area contributed by atoms with Crippen molar-refractivity contribution in [3.63, 3.8) is 0 Å². The van der Waals surface area contributed by atoms with Crippen molar-refractivity contribution in [2.45, 2.75) is 13.8 Å². The summed E-state index contributed by atoms with van der Waals surface area (Å²) in [5, 5.41) is 0. The van der Waals surface area contributed by atoms with Gasteiger partial charge in [-0.15, -0.1) is 0 Å². The molecular formula is C16H15BrO2. The number of ketones is 1. The van der Waals surface area contributed by atoms with Crippen LogP contribution in [0.15, 0.2) is 46.9 Å². The van der Waals surface area contributed by atoms with E-state index >= 15 is 0 Å². The van der Waals surface area contributed by atoms with Gasteiger partial charge in [0.25, 0.3) is 0 Å². The van der Waals surface area contributed by atoms with Crippen LogP contribution < -0.4 is 4.74 Å². The molecule has 0 aromatic heterocycles. The molecule has 0 fully saturated rings. The molecule has 98 valence electrons. The molecule has 2 nitrogen and oxygen atoms in total. The molecule has 2 aromatic carbocycles. The van der Waals surface area contributed by atoms with Crippen LogP contribution in [0.1, 0.15) is 28.4 Å². The minimum atomic E-state index is -0.00609. The first-order valence-electron chi connectivity index (χ1n) is 6.15.